The molecule has 0 saturated carbocycles. The second-order valence-electron chi connectivity index (χ2n) is 3.49. The van der Waals surface area contributed by atoms with E-state index in [1.807, 2.05) is 65.8 Å². The second kappa shape index (κ2) is 27.7. The number of hydrogen-bond donors (Lipinski definition) is 0. The Kier molecular flexibility index (Phi) is 36.0. The molecule has 0 heterocycles. The summed E-state index contributed by atoms with van der Waals surface area (Å²) >= 11 is 0. The lowest BCUT2D eigenvalue weighted by molar-refractivity contribution is 1.14. The van der Waals surface area contributed by atoms with Crippen molar-refractivity contribution in [2.45, 2.75) is 69.2 Å². The number of benzene rings is 2. The van der Waals surface area contributed by atoms with Gasteiger partial charge in [-0.2, -0.15) is 0 Å². The summed E-state index contributed by atoms with van der Waals surface area (Å²) in [6.45, 7) is 16.2. The monoisotopic (exact) mass is 304 g/mol. The van der Waals surface area contributed by atoms with Gasteiger partial charge in [-0.05, 0) is 18.9 Å². The molecule has 0 aliphatic heterocycles. The Labute approximate surface area is 141 Å². The zero-order chi connectivity index (χ0) is 16.9. The molecule has 0 fully saturated rings. The maximum Gasteiger partial charge on any atom is -0.0307 e. The Morgan fingerprint density at radius 3 is 1.09 bits per heavy atom. The van der Waals surface area contributed by atoms with Gasteiger partial charge in [0.25, 0.3) is 0 Å². The highest BCUT2D eigenvalue weighted by molar-refractivity contribution is 5.14. The van der Waals surface area contributed by atoms with Crippen molar-refractivity contribution in [3.8, 4) is 0 Å². The highest BCUT2D eigenvalue weighted by Crippen LogP contribution is 1.96. The van der Waals surface area contributed by atoms with E-state index in [9.17, 15) is 0 Å². The quantitative estimate of drug-likeness (QED) is 0.501. The normalized spacial score (nSPS) is 6.91. The number of hydrogen-bond acceptors (Lipinski definition) is 0. The van der Waals surface area contributed by atoms with Crippen LogP contribution >= 0.6 is 0 Å². The van der Waals surface area contributed by atoms with Gasteiger partial charge in [0.05, 0.1) is 0 Å². The number of aryl methyl sites for hydroxylation is 2. The van der Waals surface area contributed by atoms with Crippen LogP contribution in [0.5, 0.6) is 0 Å². The first-order valence-electron chi connectivity index (χ1n) is 8.38. The van der Waals surface area contributed by atoms with E-state index in [4.69, 9.17) is 0 Å². The van der Waals surface area contributed by atoms with Crippen molar-refractivity contribution >= 4 is 0 Å². The molecule has 0 atom stereocenters. The first-order valence-corrected chi connectivity index (χ1v) is 8.38. The summed E-state index contributed by atoms with van der Waals surface area (Å²) in [5, 5.41) is 0. The van der Waals surface area contributed by atoms with Crippen molar-refractivity contribution in [3.05, 3.63) is 71.8 Å². The van der Waals surface area contributed by atoms with Crippen molar-refractivity contribution in [1.82, 2.24) is 0 Å². The molecule has 0 amide bonds. The van der Waals surface area contributed by atoms with E-state index in [-0.39, 0.29) is 7.43 Å². The summed E-state index contributed by atoms with van der Waals surface area (Å²) in [6, 6.07) is 20.7. The topological polar surface area (TPSA) is 0 Å². The Morgan fingerprint density at radius 1 is 0.591 bits per heavy atom. The van der Waals surface area contributed by atoms with Crippen LogP contribution in [0.2, 0.25) is 0 Å². The Balaban J connectivity index is -0.000000107. The average Bonchev–Trinajstić information content (AvgIpc) is 2.62. The minimum absolute atomic E-state index is 0. The van der Waals surface area contributed by atoms with Crippen molar-refractivity contribution in [2.75, 3.05) is 0 Å². The van der Waals surface area contributed by atoms with Crippen molar-refractivity contribution in [3.63, 3.8) is 0 Å². The molecule has 2 rings (SSSR count). The Hall–Kier alpha value is -1.56. The molecule has 0 aromatic heterocycles. The van der Waals surface area contributed by atoms with Crippen LogP contribution in [0.15, 0.2) is 60.7 Å². The van der Waals surface area contributed by atoms with Crippen molar-refractivity contribution < 1.29 is 0 Å². The molecule has 0 nitrogen and oxygen atoms in total. The van der Waals surface area contributed by atoms with Crippen LogP contribution in [-0.4, -0.2) is 0 Å². The molecule has 0 unspecified atom stereocenters. The van der Waals surface area contributed by atoms with Gasteiger partial charge in [0.15, 0.2) is 0 Å². The molecule has 0 heteroatoms. The highest BCUT2D eigenvalue weighted by Gasteiger charge is 1.80. The summed E-state index contributed by atoms with van der Waals surface area (Å²) in [4.78, 5) is 0. The van der Waals surface area contributed by atoms with Gasteiger partial charge >= 0.3 is 0 Å². The lowest BCUT2D eigenvalue weighted by Gasteiger charge is -1.89. The molecular formula is C22H40. The van der Waals surface area contributed by atoms with Gasteiger partial charge in [-0.3, -0.25) is 0 Å². The summed E-state index contributed by atoms with van der Waals surface area (Å²) in [5.41, 5.74) is 2.73. The summed E-state index contributed by atoms with van der Waals surface area (Å²) in [5.74, 6) is 0. The van der Waals surface area contributed by atoms with Crippen molar-refractivity contribution in [2.24, 2.45) is 0 Å². The first kappa shape index (κ1) is 28.6. The Bertz CT molecular complexity index is 348. The van der Waals surface area contributed by atoms with Crippen molar-refractivity contribution in [1.29, 1.82) is 0 Å². The molecule has 0 aliphatic rings. The zero-order valence-corrected chi connectivity index (χ0v) is 15.5. The third-order valence-electron chi connectivity index (χ3n) is 2.19. The van der Waals surface area contributed by atoms with E-state index >= 15 is 0 Å². The molecule has 22 heavy (non-hydrogen) atoms. The van der Waals surface area contributed by atoms with Crippen LogP contribution in [0.3, 0.4) is 0 Å². The molecule has 0 saturated heterocycles. The summed E-state index contributed by atoms with van der Waals surface area (Å²) < 4.78 is 0. The lowest BCUT2D eigenvalue weighted by Crippen LogP contribution is -1.73. The molecule has 0 bridgehead atoms. The SMILES string of the molecule is C.CC.CC.CC.CCc1ccccc1.Cc1ccccc1. The van der Waals surface area contributed by atoms with E-state index in [1.54, 1.807) is 0 Å². The zero-order valence-electron chi connectivity index (χ0n) is 15.5. The molecule has 0 spiro atoms. The fourth-order valence-corrected chi connectivity index (χ4v) is 1.25. The minimum Gasteiger partial charge on any atom is -0.0776 e. The molecule has 0 radical (unpaired) electrons. The summed E-state index contributed by atoms with van der Waals surface area (Å²) in [6.07, 6.45) is 1.14. The van der Waals surface area contributed by atoms with E-state index in [2.05, 4.69) is 50.2 Å². The third kappa shape index (κ3) is 20.8. The molecule has 128 valence electrons. The standard InChI is InChI=1S/C8H10.C7H8.3C2H6.CH4/c1-2-8-6-4-3-5-7-8;1-7-5-3-2-4-6-7;3*1-2;/h3-7H,2H2,1H3;2-6H,1H3;3*1-2H3;1H4. The summed E-state index contributed by atoms with van der Waals surface area (Å²) in [7, 11) is 0. The van der Waals surface area contributed by atoms with E-state index < -0.39 is 0 Å². The van der Waals surface area contributed by atoms with Crippen LogP contribution in [-0.2, 0) is 6.42 Å². The van der Waals surface area contributed by atoms with Gasteiger partial charge in [0, 0.05) is 0 Å². The minimum atomic E-state index is 0. The average molecular weight is 305 g/mol. The molecule has 0 N–H and O–H groups in total. The van der Waals surface area contributed by atoms with Gasteiger partial charge in [-0.15, -0.1) is 0 Å². The van der Waals surface area contributed by atoms with Gasteiger partial charge in [-0.1, -0.05) is 122 Å². The van der Waals surface area contributed by atoms with Gasteiger partial charge < -0.3 is 0 Å². The second-order valence-corrected chi connectivity index (χ2v) is 3.49. The van der Waals surface area contributed by atoms with Gasteiger partial charge in [0.1, 0.15) is 0 Å². The van der Waals surface area contributed by atoms with E-state index in [0.29, 0.717) is 0 Å². The maximum atomic E-state index is 2.16. The van der Waals surface area contributed by atoms with Crippen LogP contribution in [0, 0.1) is 6.92 Å². The Morgan fingerprint density at radius 2 is 0.909 bits per heavy atom. The smallest absolute Gasteiger partial charge is 0.0307 e. The largest absolute Gasteiger partial charge is 0.0776 e. The van der Waals surface area contributed by atoms with E-state index in [1.165, 1.54) is 11.1 Å². The molecule has 2 aromatic carbocycles. The lowest BCUT2D eigenvalue weighted by atomic mass is 10.2. The third-order valence-corrected chi connectivity index (χ3v) is 2.19. The van der Waals surface area contributed by atoms with Gasteiger partial charge in [-0.25, -0.2) is 0 Å². The van der Waals surface area contributed by atoms with Gasteiger partial charge in [0.2, 0.25) is 0 Å². The molecule has 2 aromatic rings. The van der Waals surface area contributed by atoms with Crippen LogP contribution in [0.1, 0.15) is 67.0 Å². The molecule has 0 aliphatic carbocycles. The fourth-order valence-electron chi connectivity index (χ4n) is 1.25. The first-order chi connectivity index (χ1) is 10.3. The highest BCUT2D eigenvalue weighted by atomic mass is 13.9. The van der Waals surface area contributed by atoms with Crippen LogP contribution in [0.4, 0.5) is 0 Å². The fraction of sp³-hybridized carbons (Fsp3) is 0.455. The number of rotatable bonds is 1. The predicted octanol–water partition coefficient (Wildman–Crippen LogP) is 7.96. The van der Waals surface area contributed by atoms with Crippen LogP contribution < -0.4 is 0 Å². The maximum absolute atomic E-state index is 2.16. The predicted molar refractivity (Wildman–Crippen MR) is 108 cm³/mol. The molecular weight excluding hydrogens is 264 g/mol. The van der Waals surface area contributed by atoms with Crippen LogP contribution in [0.25, 0.3) is 0 Å². The van der Waals surface area contributed by atoms with E-state index in [0.717, 1.165) is 6.42 Å².